The monoisotopic (exact) mass is 366 g/mol. The maximum atomic E-state index is 13.6. The third-order valence-electron chi connectivity index (χ3n) is 5.28. The maximum Gasteiger partial charge on any atom is 0.228 e. The van der Waals surface area contributed by atoms with Gasteiger partial charge in [0, 0.05) is 32.0 Å². The molecule has 1 spiro atoms. The molecule has 0 bridgehead atoms. The molecule has 2 unspecified atom stereocenters. The summed E-state index contributed by atoms with van der Waals surface area (Å²) in [7, 11) is 0. The van der Waals surface area contributed by atoms with Gasteiger partial charge in [-0.15, -0.1) is 0 Å². The van der Waals surface area contributed by atoms with Crippen molar-refractivity contribution in [2.45, 2.75) is 25.0 Å². The SMILES string of the molecule is O=C(Nc1ccc(F)cc1F)C1CC1C(=O)N1CCC2(CC1)OCCO2. The van der Waals surface area contributed by atoms with E-state index in [2.05, 4.69) is 5.32 Å². The van der Waals surface area contributed by atoms with Crippen molar-refractivity contribution in [2.75, 3.05) is 31.6 Å². The molecule has 8 heteroatoms. The van der Waals surface area contributed by atoms with E-state index in [9.17, 15) is 18.4 Å². The van der Waals surface area contributed by atoms with Gasteiger partial charge in [-0.1, -0.05) is 0 Å². The van der Waals surface area contributed by atoms with Crippen LogP contribution in [-0.4, -0.2) is 48.8 Å². The van der Waals surface area contributed by atoms with E-state index >= 15 is 0 Å². The summed E-state index contributed by atoms with van der Waals surface area (Å²) in [6.07, 6.45) is 1.70. The van der Waals surface area contributed by atoms with Gasteiger partial charge in [0.2, 0.25) is 11.8 Å². The molecule has 2 heterocycles. The van der Waals surface area contributed by atoms with Crippen LogP contribution in [0.4, 0.5) is 14.5 Å². The lowest BCUT2D eigenvalue weighted by Crippen LogP contribution is -2.48. The average molecular weight is 366 g/mol. The highest BCUT2D eigenvalue weighted by atomic mass is 19.1. The summed E-state index contributed by atoms with van der Waals surface area (Å²) in [5.74, 6) is -3.41. The Morgan fingerprint density at radius 1 is 1.12 bits per heavy atom. The first-order valence-corrected chi connectivity index (χ1v) is 8.80. The number of likely N-dealkylation sites (tertiary alicyclic amines) is 1. The molecule has 0 radical (unpaired) electrons. The molecule has 2 amide bonds. The Balaban J connectivity index is 1.30. The van der Waals surface area contributed by atoms with Crippen LogP contribution in [0.5, 0.6) is 0 Å². The van der Waals surface area contributed by atoms with Gasteiger partial charge in [0.15, 0.2) is 5.79 Å². The topological polar surface area (TPSA) is 67.9 Å². The molecule has 140 valence electrons. The number of anilines is 1. The van der Waals surface area contributed by atoms with Crippen LogP contribution in [-0.2, 0) is 19.1 Å². The van der Waals surface area contributed by atoms with Gasteiger partial charge in [-0.2, -0.15) is 0 Å². The van der Waals surface area contributed by atoms with E-state index in [1.807, 2.05) is 0 Å². The number of rotatable bonds is 3. The Morgan fingerprint density at radius 3 is 2.46 bits per heavy atom. The number of nitrogens with one attached hydrogen (secondary N) is 1. The zero-order chi connectivity index (χ0) is 18.3. The first-order chi connectivity index (χ1) is 12.5. The number of amides is 2. The van der Waals surface area contributed by atoms with Gasteiger partial charge < -0.3 is 19.7 Å². The third-order valence-corrected chi connectivity index (χ3v) is 5.28. The van der Waals surface area contributed by atoms with Gasteiger partial charge in [0.25, 0.3) is 0 Å². The smallest absolute Gasteiger partial charge is 0.228 e. The fourth-order valence-corrected chi connectivity index (χ4v) is 3.66. The quantitative estimate of drug-likeness (QED) is 0.887. The van der Waals surface area contributed by atoms with Gasteiger partial charge in [-0.05, 0) is 18.6 Å². The number of ether oxygens (including phenoxy) is 2. The van der Waals surface area contributed by atoms with Crippen molar-refractivity contribution >= 4 is 17.5 Å². The van der Waals surface area contributed by atoms with Crippen molar-refractivity contribution < 1.29 is 27.8 Å². The molecule has 4 rings (SSSR count). The number of carbonyl (C=O) groups excluding carboxylic acids is 2. The minimum Gasteiger partial charge on any atom is -0.347 e. The van der Waals surface area contributed by atoms with Gasteiger partial charge in [0.05, 0.1) is 30.7 Å². The van der Waals surface area contributed by atoms with Crippen LogP contribution in [0, 0.1) is 23.5 Å². The normalized spacial score (nSPS) is 26.8. The fraction of sp³-hybridized carbons (Fsp3) is 0.556. The van der Waals surface area contributed by atoms with Crippen LogP contribution in [0.15, 0.2) is 18.2 Å². The second-order valence-corrected chi connectivity index (χ2v) is 7.00. The lowest BCUT2D eigenvalue weighted by atomic mass is 10.0. The molecule has 1 aliphatic carbocycles. The van der Waals surface area contributed by atoms with E-state index in [1.165, 1.54) is 6.07 Å². The second kappa shape index (κ2) is 6.59. The molecule has 2 saturated heterocycles. The van der Waals surface area contributed by atoms with E-state index in [1.54, 1.807) is 4.90 Å². The molecule has 2 atom stereocenters. The largest absolute Gasteiger partial charge is 0.347 e. The summed E-state index contributed by atoms with van der Waals surface area (Å²) in [5, 5.41) is 2.44. The Labute approximate surface area is 149 Å². The Morgan fingerprint density at radius 2 is 1.81 bits per heavy atom. The third kappa shape index (κ3) is 3.31. The summed E-state index contributed by atoms with van der Waals surface area (Å²) >= 11 is 0. The molecule has 3 fully saturated rings. The van der Waals surface area contributed by atoms with Crippen molar-refractivity contribution in [1.29, 1.82) is 0 Å². The highest BCUT2D eigenvalue weighted by Crippen LogP contribution is 2.42. The minimum atomic E-state index is -0.834. The molecule has 1 N–H and O–H groups in total. The molecular formula is C18H20F2N2O4. The summed E-state index contributed by atoms with van der Waals surface area (Å²) in [4.78, 5) is 26.6. The Hall–Kier alpha value is -2.06. The number of hydrogen-bond donors (Lipinski definition) is 1. The van der Waals surface area contributed by atoms with Gasteiger partial charge in [-0.25, -0.2) is 8.78 Å². The summed E-state index contributed by atoms with van der Waals surface area (Å²) in [6.45, 7) is 2.24. The number of halogens is 2. The standard InChI is InChI=1S/C18H20F2N2O4/c19-11-1-2-15(14(20)9-11)21-16(23)12-10-13(12)17(24)22-5-3-18(4-6-22)25-7-8-26-18/h1-2,9,12-13H,3-8,10H2,(H,21,23). The van der Waals surface area contributed by atoms with Crippen LogP contribution < -0.4 is 5.32 Å². The predicted molar refractivity (Wildman–Crippen MR) is 87.0 cm³/mol. The zero-order valence-electron chi connectivity index (χ0n) is 14.2. The van der Waals surface area contributed by atoms with E-state index in [0.717, 1.165) is 6.07 Å². The second-order valence-electron chi connectivity index (χ2n) is 7.00. The number of piperidine rings is 1. The molecule has 3 aliphatic rings. The molecule has 1 aromatic rings. The van der Waals surface area contributed by atoms with Crippen molar-refractivity contribution in [1.82, 2.24) is 4.90 Å². The molecule has 0 aromatic heterocycles. The predicted octanol–water partition coefficient (Wildman–Crippen LogP) is 1.90. The summed E-state index contributed by atoms with van der Waals surface area (Å²) in [5.41, 5.74) is -0.0788. The van der Waals surface area contributed by atoms with Gasteiger partial charge in [0.1, 0.15) is 11.6 Å². The van der Waals surface area contributed by atoms with Crippen LogP contribution in [0.3, 0.4) is 0 Å². The lowest BCUT2D eigenvalue weighted by Gasteiger charge is -2.37. The van der Waals surface area contributed by atoms with Crippen molar-refractivity contribution in [3.8, 4) is 0 Å². The van der Waals surface area contributed by atoms with Crippen molar-refractivity contribution in [2.24, 2.45) is 11.8 Å². The summed E-state index contributed by atoms with van der Waals surface area (Å²) in [6, 6.07) is 2.96. The van der Waals surface area contributed by atoms with E-state index in [0.29, 0.717) is 51.6 Å². The molecule has 2 aliphatic heterocycles. The van der Waals surface area contributed by atoms with Gasteiger partial charge in [-0.3, -0.25) is 9.59 Å². The van der Waals surface area contributed by atoms with Crippen molar-refractivity contribution in [3.63, 3.8) is 0 Å². The number of carbonyl (C=O) groups is 2. The maximum absolute atomic E-state index is 13.6. The Bertz CT molecular complexity index is 726. The average Bonchev–Trinajstić information content (AvgIpc) is 3.31. The molecule has 1 aromatic carbocycles. The van der Waals surface area contributed by atoms with E-state index < -0.39 is 29.2 Å². The van der Waals surface area contributed by atoms with E-state index in [4.69, 9.17) is 9.47 Å². The fourth-order valence-electron chi connectivity index (χ4n) is 3.66. The number of nitrogens with zero attached hydrogens (tertiary/aromatic N) is 1. The first kappa shape index (κ1) is 17.4. The van der Waals surface area contributed by atoms with Crippen LogP contribution in [0.2, 0.25) is 0 Å². The molecule has 1 saturated carbocycles. The van der Waals surface area contributed by atoms with E-state index in [-0.39, 0.29) is 17.5 Å². The zero-order valence-corrected chi connectivity index (χ0v) is 14.2. The number of hydrogen-bond acceptors (Lipinski definition) is 4. The van der Waals surface area contributed by atoms with Crippen LogP contribution in [0.1, 0.15) is 19.3 Å². The van der Waals surface area contributed by atoms with Crippen LogP contribution >= 0.6 is 0 Å². The van der Waals surface area contributed by atoms with Gasteiger partial charge >= 0.3 is 0 Å². The first-order valence-electron chi connectivity index (χ1n) is 8.80. The van der Waals surface area contributed by atoms with Crippen LogP contribution in [0.25, 0.3) is 0 Å². The van der Waals surface area contributed by atoms with Crippen molar-refractivity contribution in [3.05, 3.63) is 29.8 Å². The highest BCUT2D eigenvalue weighted by Gasteiger charge is 2.51. The molecule has 26 heavy (non-hydrogen) atoms. The Kier molecular flexibility index (Phi) is 4.40. The summed E-state index contributed by atoms with van der Waals surface area (Å²) < 4.78 is 37.8. The highest BCUT2D eigenvalue weighted by molar-refractivity contribution is 5.99. The molecule has 6 nitrogen and oxygen atoms in total. The molecular weight excluding hydrogens is 346 g/mol. The lowest BCUT2D eigenvalue weighted by molar-refractivity contribution is -0.187. The number of benzene rings is 1. The minimum absolute atomic E-state index is 0.0578.